The van der Waals surface area contributed by atoms with E-state index < -0.39 is 32.1 Å². The van der Waals surface area contributed by atoms with Crippen LogP contribution in [0.3, 0.4) is 0 Å². The number of aromatic nitrogens is 2. The van der Waals surface area contributed by atoms with E-state index in [0.29, 0.717) is 25.1 Å². The minimum Gasteiger partial charge on any atom is -0.438 e. The summed E-state index contributed by atoms with van der Waals surface area (Å²) >= 11 is 0. The topological polar surface area (TPSA) is 155 Å². The van der Waals surface area contributed by atoms with Crippen molar-refractivity contribution in [3.63, 3.8) is 0 Å². The quantitative estimate of drug-likeness (QED) is 0.355. The summed E-state index contributed by atoms with van der Waals surface area (Å²) in [7, 11) is -4.12. The van der Waals surface area contributed by atoms with Crippen molar-refractivity contribution in [2.75, 3.05) is 19.7 Å². The highest BCUT2D eigenvalue weighted by molar-refractivity contribution is 7.89. The maximum atomic E-state index is 13.0. The summed E-state index contributed by atoms with van der Waals surface area (Å²) in [6.45, 7) is 10.2. The van der Waals surface area contributed by atoms with Crippen LogP contribution < -0.4 is 14.8 Å². The van der Waals surface area contributed by atoms with E-state index in [1.54, 1.807) is 13.8 Å². The minimum absolute atomic E-state index is 0.0434. The van der Waals surface area contributed by atoms with Gasteiger partial charge in [-0.15, -0.1) is 0 Å². The fourth-order valence-electron chi connectivity index (χ4n) is 3.69. The molecule has 2 aromatic rings. The molecule has 1 saturated heterocycles. The highest BCUT2D eigenvalue weighted by atomic mass is 32.2. The first kappa shape index (κ1) is 27.6. The molecule has 1 aromatic carbocycles. The van der Waals surface area contributed by atoms with E-state index in [1.807, 2.05) is 20.8 Å². The number of nitro groups is 1. The van der Waals surface area contributed by atoms with Gasteiger partial charge in [0, 0.05) is 37.4 Å². The number of carbonyl (C=O) groups is 1. The molecule has 1 aliphatic heterocycles. The number of nitro benzene ring substituents is 1. The van der Waals surface area contributed by atoms with Gasteiger partial charge in [-0.1, -0.05) is 6.92 Å². The average molecular weight is 524 g/mol. The van der Waals surface area contributed by atoms with Crippen LogP contribution in [0, 0.1) is 17.0 Å². The number of ether oxygens (including phenoxy) is 2. The van der Waals surface area contributed by atoms with Crippen LogP contribution in [0.5, 0.6) is 11.6 Å². The lowest BCUT2D eigenvalue weighted by molar-refractivity contribution is -0.385. The second-order valence-electron chi connectivity index (χ2n) is 9.59. The molecule has 13 heteroatoms. The van der Waals surface area contributed by atoms with Gasteiger partial charge in [-0.3, -0.25) is 14.9 Å². The van der Waals surface area contributed by atoms with Crippen LogP contribution in [0.4, 0.5) is 5.69 Å². The van der Waals surface area contributed by atoms with Crippen molar-refractivity contribution in [2.24, 2.45) is 0 Å². The van der Waals surface area contributed by atoms with Crippen molar-refractivity contribution < 1.29 is 27.6 Å². The first-order valence-electron chi connectivity index (χ1n) is 11.8. The lowest BCUT2D eigenvalue weighted by atomic mass is 10.1. The molecule has 2 N–H and O–H groups in total. The highest BCUT2D eigenvalue weighted by Crippen LogP contribution is 2.36. The van der Waals surface area contributed by atoms with E-state index in [9.17, 15) is 23.3 Å². The Balaban J connectivity index is 2.02. The van der Waals surface area contributed by atoms with Gasteiger partial charge in [0.15, 0.2) is 5.69 Å². The average Bonchev–Trinajstić information content (AvgIpc) is 3.44. The van der Waals surface area contributed by atoms with Gasteiger partial charge in [0.2, 0.25) is 15.9 Å². The van der Waals surface area contributed by atoms with Crippen molar-refractivity contribution in [1.29, 1.82) is 0 Å². The van der Waals surface area contributed by atoms with Crippen molar-refractivity contribution in [3.8, 4) is 11.6 Å². The Morgan fingerprint density at radius 3 is 2.67 bits per heavy atom. The van der Waals surface area contributed by atoms with Crippen LogP contribution >= 0.6 is 0 Å². The zero-order valence-electron chi connectivity index (χ0n) is 21.2. The SMILES string of the molecule is CCCNS(=O)(=O)c1cc([N+](=O)[O-])ccc1Oc1c(C)c(C(=O)NC[C@@H]2CCCO2)nn1C(C)(C)C. The molecule has 3 rings (SSSR count). The van der Waals surface area contributed by atoms with Crippen LogP contribution in [0.25, 0.3) is 0 Å². The van der Waals surface area contributed by atoms with Crippen molar-refractivity contribution in [3.05, 3.63) is 39.6 Å². The molecule has 1 aromatic heterocycles. The van der Waals surface area contributed by atoms with Crippen molar-refractivity contribution >= 4 is 21.6 Å². The molecule has 0 radical (unpaired) electrons. The lowest BCUT2D eigenvalue weighted by Crippen LogP contribution is -2.32. The Kier molecular flexibility index (Phi) is 8.37. The van der Waals surface area contributed by atoms with E-state index in [1.165, 1.54) is 10.7 Å². The van der Waals surface area contributed by atoms with Crippen molar-refractivity contribution in [1.82, 2.24) is 19.8 Å². The molecular formula is C23H33N5O7S. The monoisotopic (exact) mass is 523 g/mol. The summed E-state index contributed by atoms with van der Waals surface area (Å²) < 4.78 is 41.4. The first-order valence-corrected chi connectivity index (χ1v) is 13.3. The largest absolute Gasteiger partial charge is 0.438 e. The number of nitrogens with zero attached hydrogens (tertiary/aromatic N) is 3. The Bertz CT molecular complexity index is 1230. The number of hydrogen-bond acceptors (Lipinski definition) is 8. The highest BCUT2D eigenvalue weighted by Gasteiger charge is 2.30. The number of hydrogen-bond donors (Lipinski definition) is 2. The normalized spacial score (nSPS) is 16.2. The van der Waals surface area contributed by atoms with Gasteiger partial charge in [0.05, 0.1) is 16.6 Å². The van der Waals surface area contributed by atoms with Gasteiger partial charge in [-0.05, 0) is 53.0 Å². The van der Waals surface area contributed by atoms with Gasteiger partial charge < -0.3 is 14.8 Å². The Morgan fingerprint density at radius 2 is 2.08 bits per heavy atom. The zero-order chi connectivity index (χ0) is 26.7. The molecule has 12 nitrogen and oxygen atoms in total. The third-order valence-electron chi connectivity index (χ3n) is 5.61. The van der Waals surface area contributed by atoms with E-state index in [2.05, 4.69) is 15.1 Å². The molecule has 1 amide bonds. The summed E-state index contributed by atoms with van der Waals surface area (Å²) in [5, 5.41) is 18.6. The molecule has 36 heavy (non-hydrogen) atoms. The van der Waals surface area contributed by atoms with Crippen molar-refractivity contribution in [2.45, 2.75) is 70.4 Å². The van der Waals surface area contributed by atoms with E-state index in [0.717, 1.165) is 25.0 Å². The van der Waals surface area contributed by atoms with Crippen LogP contribution in [-0.4, -0.2) is 54.8 Å². The third kappa shape index (κ3) is 6.20. The molecule has 1 fully saturated rings. The molecule has 198 valence electrons. The van der Waals surface area contributed by atoms with E-state index in [4.69, 9.17) is 9.47 Å². The molecule has 0 saturated carbocycles. The second-order valence-corrected chi connectivity index (χ2v) is 11.3. The summed E-state index contributed by atoms with van der Waals surface area (Å²) in [6.07, 6.45) is 2.31. The van der Waals surface area contributed by atoms with Crippen LogP contribution in [0.2, 0.25) is 0 Å². The fourth-order valence-corrected chi connectivity index (χ4v) is 4.97. The molecule has 0 bridgehead atoms. The number of rotatable bonds is 10. The Labute approximate surface area is 210 Å². The van der Waals surface area contributed by atoms with Gasteiger partial charge in [-0.25, -0.2) is 17.8 Å². The number of nitrogens with one attached hydrogen (secondary N) is 2. The third-order valence-corrected chi connectivity index (χ3v) is 7.09. The molecular weight excluding hydrogens is 490 g/mol. The fraction of sp³-hybridized carbons (Fsp3) is 0.565. The first-order chi connectivity index (χ1) is 16.8. The molecule has 1 atom stereocenters. The Morgan fingerprint density at radius 1 is 1.36 bits per heavy atom. The number of sulfonamides is 1. The lowest BCUT2D eigenvalue weighted by Gasteiger charge is -2.22. The second kappa shape index (κ2) is 10.9. The smallest absolute Gasteiger partial charge is 0.272 e. The number of benzene rings is 1. The predicted molar refractivity (Wildman–Crippen MR) is 132 cm³/mol. The minimum atomic E-state index is -4.12. The molecule has 1 aliphatic rings. The van der Waals surface area contributed by atoms with Crippen LogP contribution in [0.1, 0.15) is 63.0 Å². The summed E-state index contributed by atoms with van der Waals surface area (Å²) in [6, 6.07) is 3.35. The van der Waals surface area contributed by atoms with Gasteiger partial charge in [-0.2, -0.15) is 5.10 Å². The van der Waals surface area contributed by atoms with Gasteiger partial charge in [0.25, 0.3) is 11.6 Å². The van der Waals surface area contributed by atoms with E-state index >= 15 is 0 Å². The zero-order valence-corrected chi connectivity index (χ0v) is 22.0. The Hall–Kier alpha value is -3.03. The van der Waals surface area contributed by atoms with Gasteiger partial charge in [0.1, 0.15) is 10.6 Å². The van der Waals surface area contributed by atoms with E-state index in [-0.39, 0.29) is 34.9 Å². The number of carbonyl (C=O) groups excluding carboxylic acids is 1. The van der Waals surface area contributed by atoms with Crippen LogP contribution in [-0.2, 0) is 20.3 Å². The predicted octanol–water partition coefficient (Wildman–Crippen LogP) is 3.24. The molecule has 0 spiro atoms. The number of amides is 1. The summed E-state index contributed by atoms with van der Waals surface area (Å²) in [5.74, 6) is -0.369. The maximum Gasteiger partial charge on any atom is 0.272 e. The van der Waals surface area contributed by atoms with Gasteiger partial charge >= 0.3 is 0 Å². The molecule has 0 aliphatic carbocycles. The standard InChI is InChI=1S/C23H33N5O7S/c1-6-11-25-36(32,33)19-13-16(28(30)31)9-10-18(19)35-22-15(2)20(26-27(22)23(3,4)5)21(29)24-14-17-8-7-12-34-17/h9-10,13,17,25H,6-8,11-12,14H2,1-5H3,(H,24,29)/t17-/m0/s1. The molecule has 2 heterocycles. The summed E-state index contributed by atoms with van der Waals surface area (Å²) in [4.78, 5) is 23.2. The maximum absolute atomic E-state index is 13.0. The molecule has 0 unspecified atom stereocenters. The number of non-ortho nitro benzene ring substituents is 1. The van der Waals surface area contributed by atoms with Crippen LogP contribution in [0.15, 0.2) is 23.1 Å². The summed E-state index contributed by atoms with van der Waals surface area (Å²) in [5.41, 5.74) is -0.492.